The summed E-state index contributed by atoms with van der Waals surface area (Å²) in [4.78, 5) is 11.0. The van der Waals surface area contributed by atoms with Gasteiger partial charge in [0.2, 0.25) is 5.91 Å². The Hall–Kier alpha value is -1.88. The lowest BCUT2D eigenvalue weighted by Gasteiger charge is -2.02. The highest BCUT2D eigenvalue weighted by Crippen LogP contribution is 2.12. The van der Waals surface area contributed by atoms with Gasteiger partial charge < -0.3 is 0 Å². The SMILES string of the molecule is NNC(=O)CCn1ncc2ccccc21. The first-order chi connectivity index (χ1) is 7.31. The van der Waals surface area contributed by atoms with Crippen molar-refractivity contribution >= 4 is 16.8 Å². The smallest absolute Gasteiger partial charge is 0.235 e. The molecule has 15 heavy (non-hydrogen) atoms. The summed E-state index contributed by atoms with van der Waals surface area (Å²) in [7, 11) is 0. The van der Waals surface area contributed by atoms with Gasteiger partial charge in [0, 0.05) is 11.8 Å². The number of amides is 1. The molecule has 0 aliphatic heterocycles. The minimum Gasteiger partial charge on any atom is -0.294 e. The predicted octanol–water partition coefficient (Wildman–Crippen LogP) is 0.416. The zero-order chi connectivity index (χ0) is 10.7. The lowest BCUT2D eigenvalue weighted by molar-refractivity contribution is -0.121. The Kier molecular flexibility index (Phi) is 2.64. The molecular weight excluding hydrogens is 192 g/mol. The van der Waals surface area contributed by atoms with Crippen LogP contribution in [0.4, 0.5) is 0 Å². The number of carbonyl (C=O) groups is 1. The minimum absolute atomic E-state index is 0.186. The van der Waals surface area contributed by atoms with Crippen molar-refractivity contribution in [1.82, 2.24) is 15.2 Å². The number of aromatic nitrogens is 2. The molecule has 1 amide bonds. The molecule has 0 saturated carbocycles. The van der Waals surface area contributed by atoms with Crippen LogP contribution >= 0.6 is 0 Å². The standard InChI is InChI=1S/C10H12N4O/c11-13-10(15)5-6-14-9-4-2-1-3-8(9)7-12-14/h1-4,7H,5-6,11H2,(H,13,15). The van der Waals surface area contributed by atoms with Crippen LogP contribution in [0.15, 0.2) is 30.5 Å². The van der Waals surface area contributed by atoms with Crippen molar-refractivity contribution in [3.63, 3.8) is 0 Å². The molecule has 1 aromatic carbocycles. The molecule has 1 aromatic heterocycles. The van der Waals surface area contributed by atoms with Crippen molar-refractivity contribution in [1.29, 1.82) is 0 Å². The Morgan fingerprint density at radius 1 is 1.47 bits per heavy atom. The molecule has 3 N–H and O–H groups in total. The molecule has 5 heteroatoms. The summed E-state index contributed by atoms with van der Waals surface area (Å²) in [5.41, 5.74) is 3.13. The minimum atomic E-state index is -0.186. The number of nitrogens with one attached hydrogen (secondary N) is 1. The monoisotopic (exact) mass is 204 g/mol. The van der Waals surface area contributed by atoms with Crippen molar-refractivity contribution in [3.05, 3.63) is 30.5 Å². The van der Waals surface area contributed by atoms with E-state index in [4.69, 9.17) is 5.84 Å². The van der Waals surface area contributed by atoms with Gasteiger partial charge in [-0.15, -0.1) is 0 Å². The van der Waals surface area contributed by atoms with Gasteiger partial charge in [-0.2, -0.15) is 5.10 Å². The maximum atomic E-state index is 11.0. The summed E-state index contributed by atoms with van der Waals surface area (Å²) in [6.45, 7) is 0.538. The van der Waals surface area contributed by atoms with Gasteiger partial charge in [-0.25, -0.2) is 5.84 Å². The zero-order valence-electron chi connectivity index (χ0n) is 8.18. The molecule has 1 heterocycles. The summed E-state index contributed by atoms with van der Waals surface area (Å²) in [6.07, 6.45) is 2.12. The second-order valence-electron chi connectivity index (χ2n) is 3.24. The molecule has 0 aliphatic carbocycles. The summed E-state index contributed by atoms with van der Waals surface area (Å²) in [5.74, 6) is 4.81. The van der Waals surface area contributed by atoms with E-state index in [0.717, 1.165) is 10.9 Å². The Bertz CT molecular complexity index is 477. The van der Waals surface area contributed by atoms with Crippen LogP contribution in [-0.2, 0) is 11.3 Å². The lowest BCUT2D eigenvalue weighted by atomic mass is 10.2. The third kappa shape index (κ3) is 1.97. The first kappa shape index (κ1) is 9.67. The molecule has 5 nitrogen and oxygen atoms in total. The number of nitrogens with two attached hydrogens (primary N) is 1. The summed E-state index contributed by atoms with van der Waals surface area (Å²) < 4.78 is 1.80. The highest BCUT2D eigenvalue weighted by molar-refractivity contribution is 5.79. The summed E-state index contributed by atoms with van der Waals surface area (Å²) >= 11 is 0. The number of para-hydroxylation sites is 1. The zero-order valence-corrected chi connectivity index (χ0v) is 8.18. The van der Waals surface area contributed by atoms with Crippen LogP contribution in [0, 0.1) is 0 Å². The topological polar surface area (TPSA) is 72.9 Å². The fourth-order valence-corrected chi connectivity index (χ4v) is 1.48. The van der Waals surface area contributed by atoms with Crippen LogP contribution in [-0.4, -0.2) is 15.7 Å². The van der Waals surface area contributed by atoms with E-state index in [0.29, 0.717) is 13.0 Å². The summed E-state index contributed by atoms with van der Waals surface area (Å²) in [6, 6.07) is 7.87. The third-order valence-corrected chi connectivity index (χ3v) is 2.26. The molecule has 0 fully saturated rings. The van der Waals surface area contributed by atoms with Gasteiger partial charge in [-0.05, 0) is 6.07 Å². The maximum absolute atomic E-state index is 11.0. The number of hydrogen-bond donors (Lipinski definition) is 2. The van der Waals surface area contributed by atoms with Crippen LogP contribution in [0.3, 0.4) is 0 Å². The second kappa shape index (κ2) is 4.10. The van der Waals surface area contributed by atoms with Gasteiger partial charge >= 0.3 is 0 Å². The van der Waals surface area contributed by atoms with Crippen LogP contribution in [0.5, 0.6) is 0 Å². The molecule has 0 aliphatic rings. The van der Waals surface area contributed by atoms with Crippen LogP contribution in [0.25, 0.3) is 10.9 Å². The van der Waals surface area contributed by atoms with E-state index in [1.807, 2.05) is 24.3 Å². The predicted molar refractivity (Wildman–Crippen MR) is 56.7 cm³/mol. The highest BCUT2D eigenvalue weighted by atomic mass is 16.2. The molecule has 0 atom stereocenters. The largest absolute Gasteiger partial charge is 0.294 e. The molecule has 0 bridgehead atoms. The lowest BCUT2D eigenvalue weighted by Crippen LogP contribution is -2.30. The third-order valence-electron chi connectivity index (χ3n) is 2.26. The molecule has 0 radical (unpaired) electrons. The van der Waals surface area contributed by atoms with E-state index in [9.17, 15) is 4.79 Å². The normalized spacial score (nSPS) is 10.5. The fraction of sp³-hybridized carbons (Fsp3) is 0.200. The molecule has 78 valence electrons. The van der Waals surface area contributed by atoms with E-state index >= 15 is 0 Å². The van der Waals surface area contributed by atoms with Gasteiger partial charge in [0.05, 0.1) is 18.3 Å². The van der Waals surface area contributed by atoms with Crippen LogP contribution in [0.2, 0.25) is 0 Å². The highest BCUT2D eigenvalue weighted by Gasteiger charge is 2.03. The van der Waals surface area contributed by atoms with Crippen molar-refractivity contribution in [2.75, 3.05) is 0 Å². The number of nitrogens with zero attached hydrogens (tertiary/aromatic N) is 2. The Labute approximate surface area is 86.8 Å². The number of aryl methyl sites for hydroxylation is 1. The average Bonchev–Trinajstić information content (AvgIpc) is 2.69. The van der Waals surface area contributed by atoms with Crippen molar-refractivity contribution < 1.29 is 4.79 Å². The van der Waals surface area contributed by atoms with Crippen LogP contribution < -0.4 is 11.3 Å². The van der Waals surface area contributed by atoms with E-state index in [2.05, 4.69) is 10.5 Å². The van der Waals surface area contributed by atoms with E-state index < -0.39 is 0 Å². The Balaban J connectivity index is 2.18. The Morgan fingerprint density at radius 2 is 2.27 bits per heavy atom. The average molecular weight is 204 g/mol. The molecule has 0 unspecified atom stereocenters. The first-order valence-corrected chi connectivity index (χ1v) is 4.71. The Morgan fingerprint density at radius 3 is 3.07 bits per heavy atom. The van der Waals surface area contributed by atoms with Gasteiger partial charge in [-0.1, -0.05) is 18.2 Å². The quantitative estimate of drug-likeness (QED) is 0.432. The fourth-order valence-electron chi connectivity index (χ4n) is 1.48. The number of hydrazine groups is 1. The number of hydrogen-bond acceptors (Lipinski definition) is 3. The number of carbonyl (C=O) groups excluding carboxylic acids is 1. The number of rotatable bonds is 3. The van der Waals surface area contributed by atoms with Crippen molar-refractivity contribution in [2.24, 2.45) is 5.84 Å². The molecule has 0 saturated heterocycles. The van der Waals surface area contributed by atoms with E-state index in [1.54, 1.807) is 10.9 Å². The van der Waals surface area contributed by atoms with E-state index in [-0.39, 0.29) is 5.91 Å². The number of fused-ring (bicyclic) bond motifs is 1. The maximum Gasteiger partial charge on any atom is 0.235 e. The van der Waals surface area contributed by atoms with Gasteiger partial charge in [0.25, 0.3) is 0 Å². The van der Waals surface area contributed by atoms with Gasteiger partial charge in [0.15, 0.2) is 0 Å². The second-order valence-corrected chi connectivity index (χ2v) is 3.24. The van der Waals surface area contributed by atoms with E-state index in [1.165, 1.54) is 0 Å². The van der Waals surface area contributed by atoms with Crippen LogP contribution in [0.1, 0.15) is 6.42 Å². The van der Waals surface area contributed by atoms with Gasteiger partial charge in [-0.3, -0.25) is 14.9 Å². The van der Waals surface area contributed by atoms with Crippen molar-refractivity contribution in [3.8, 4) is 0 Å². The number of benzene rings is 1. The molecule has 0 spiro atoms. The first-order valence-electron chi connectivity index (χ1n) is 4.71. The van der Waals surface area contributed by atoms with Gasteiger partial charge in [0.1, 0.15) is 0 Å². The summed E-state index contributed by atoms with van der Waals surface area (Å²) in [5, 5.41) is 5.27. The van der Waals surface area contributed by atoms with Crippen molar-refractivity contribution in [2.45, 2.75) is 13.0 Å². The molecular formula is C10H12N4O. The molecule has 2 rings (SSSR count). The molecule has 2 aromatic rings.